The van der Waals surface area contributed by atoms with Crippen LogP contribution in [0.1, 0.15) is 61.4 Å². The van der Waals surface area contributed by atoms with Crippen molar-refractivity contribution in [2.24, 2.45) is 0 Å². The molecular weight excluding hydrogens is 516 g/mol. The predicted molar refractivity (Wildman–Crippen MR) is 160 cm³/mol. The lowest BCUT2D eigenvalue weighted by atomic mass is 10.00. The first-order valence-electron chi connectivity index (χ1n) is 14.6. The smallest absolute Gasteiger partial charge is 0.274 e. The molecule has 2 unspecified atom stereocenters. The van der Waals surface area contributed by atoms with Gasteiger partial charge in [0, 0.05) is 30.5 Å². The van der Waals surface area contributed by atoms with Crippen molar-refractivity contribution in [2.45, 2.75) is 57.8 Å². The Morgan fingerprint density at radius 1 is 1.00 bits per heavy atom. The number of ether oxygens (including phenoxy) is 2. The summed E-state index contributed by atoms with van der Waals surface area (Å²) < 4.78 is 11.8. The van der Waals surface area contributed by atoms with Gasteiger partial charge in [0.2, 0.25) is 0 Å². The molecule has 1 heterocycles. The minimum absolute atomic E-state index is 0.0491. The van der Waals surface area contributed by atoms with Crippen LogP contribution in [0.4, 0.5) is 0 Å². The lowest BCUT2D eigenvalue weighted by Gasteiger charge is -2.31. The third-order valence-electron chi connectivity index (χ3n) is 7.57. The van der Waals surface area contributed by atoms with Gasteiger partial charge in [0.1, 0.15) is 12.4 Å². The maximum Gasteiger partial charge on any atom is 0.274 e. The number of fused-ring (bicyclic) bond motifs is 1. The molecule has 0 radical (unpaired) electrons. The first kappa shape index (κ1) is 28.6. The predicted octanol–water partition coefficient (Wildman–Crippen LogP) is 6.45. The number of likely N-dealkylation sites (N-methyl/N-ethyl adjacent to an activating group) is 1. The summed E-state index contributed by atoms with van der Waals surface area (Å²) in [5, 5.41) is 2.08. The zero-order valence-electron chi connectivity index (χ0n) is 23.6. The van der Waals surface area contributed by atoms with Gasteiger partial charge in [-0.2, -0.15) is 0 Å². The van der Waals surface area contributed by atoms with E-state index in [1.165, 1.54) is 0 Å². The second kappa shape index (κ2) is 14.1. The van der Waals surface area contributed by atoms with E-state index >= 15 is 0 Å². The Balaban J connectivity index is 1.35. The summed E-state index contributed by atoms with van der Waals surface area (Å²) in [5.41, 5.74) is 4.30. The van der Waals surface area contributed by atoms with Crippen molar-refractivity contribution in [3.63, 3.8) is 0 Å². The number of rotatable bonds is 10. The van der Waals surface area contributed by atoms with Crippen LogP contribution in [0.15, 0.2) is 84.5 Å². The quantitative estimate of drug-likeness (QED) is 0.177. The van der Waals surface area contributed by atoms with E-state index in [2.05, 4.69) is 17.6 Å². The molecule has 3 aromatic rings. The Labute approximate surface area is 241 Å². The molecule has 7 heteroatoms. The zero-order valence-corrected chi connectivity index (χ0v) is 23.6. The maximum absolute atomic E-state index is 13.9. The van der Waals surface area contributed by atoms with Gasteiger partial charge in [-0.05, 0) is 74.3 Å². The molecule has 7 nitrogen and oxygen atoms in total. The average Bonchev–Trinajstić information content (AvgIpc) is 3.03. The van der Waals surface area contributed by atoms with Crippen molar-refractivity contribution in [1.82, 2.24) is 10.4 Å². The van der Waals surface area contributed by atoms with Gasteiger partial charge in [-0.15, -0.1) is 0 Å². The number of carbonyl (C=O) groups excluding carboxylic acids is 2. The maximum atomic E-state index is 13.9. The van der Waals surface area contributed by atoms with Crippen LogP contribution in [0.3, 0.4) is 0 Å². The summed E-state index contributed by atoms with van der Waals surface area (Å²) in [7, 11) is 0. The van der Waals surface area contributed by atoms with Crippen LogP contribution < -0.4 is 10.2 Å². The number of benzene rings is 3. The number of allylic oxidation sites excluding steroid dienone is 1. The number of nitrogens with zero attached hydrogens (tertiary/aromatic N) is 1. The standard InChI is InChI=1S/C34H38N2O5/c1-2-36(29-13-4-3-5-14-29)34(38)28(24-40-31-16-10-12-26-11-6-7-15-30(26)31)23-25-18-20-27(21-19-25)33(37)35-41-32-17-8-9-22-39-32/h4,6-7,10-13,15-16,18-21,23,29,32H,2-3,5,8-9,14,17,22,24H2,1H3,(H,35,37). The number of carbonyl (C=O) groups is 2. The summed E-state index contributed by atoms with van der Waals surface area (Å²) >= 11 is 0. The summed E-state index contributed by atoms with van der Waals surface area (Å²) in [6.07, 6.45) is 11.6. The fourth-order valence-electron chi connectivity index (χ4n) is 5.32. The molecule has 41 heavy (non-hydrogen) atoms. The van der Waals surface area contributed by atoms with Gasteiger partial charge in [-0.1, -0.05) is 60.7 Å². The Kier molecular flexibility index (Phi) is 9.83. The monoisotopic (exact) mass is 554 g/mol. The van der Waals surface area contributed by atoms with Crippen LogP contribution in [-0.4, -0.2) is 48.8 Å². The topological polar surface area (TPSA) is 77.1 Å². The van der Waals surface area contributed by atoms with Gasteiger partial charge in [0.25, 0.3) is 11.8 Å². The van der Waals surface area contributed by atoms with Crippen LogP contribution >= 0.6 is 0 Å². The first-order chi connectivity index (χ1) is 20.1. The van der Waals surface area contributed by atoms with Crippen molar-refractivity contribution in [3.8, 4) is 5.75 Å². The molecule has 214 valence electrons. The van der Waals surface area contributed by atoms with Gasteiger partial charge in [0.15, 0.2) is 6.29 Å². The third kappa shape index (κ3) is 7.43. The van der Waals surface area contributed by atoms with Crippen LogP contribution in [0.25, 0.3) is 16.8 Å². The molecule has 1 N–H and O–H groups in total. The molecule has 2 atom stereocenters. The second-order valence-electron chi connectivity index (χ2n) is 10.4. The molecule has 2 aliphatic rings. The number of hydroxylamine groups is 1. The van der Waals surface area contributed by atoms with E-state index in [0.29, 0.717) is 24.3 Å². The van der Waals surface area contributed by atoms with Crippen LogP contribution in [0.2, 0.25) is 0 Å². The molecule has 1 aliphatic carbocycles. The molecule has 3 aromatic carbocycles. The minimum atomic E-state index is -0.411. The first-order valence-corrected chi connectivity index (χ1v) is 14.6. The van der Waals surface area contributed by atoms with Crippen LogP contribution in [-0.2, 0) is 14.4 Å². The molecule has 5 rings (SSSR count). The summed E-state index contributed by atoms with van der Waals surface area (Å²) in [6.45, 7) is 3.37. The largest absolute Gasteiger partial charge is 0.488 e. The molecule has 2 amide bonds. The zero-order chi connectivity index (χ0) is 28.4. The number of hydrogen-bond acceptors (Lipinski definition) is 5. The van der Waals surface area contributed by atoms with Crippen LogP contribution in [0, 0.1) is 0 Å². The van der Waals surface area contributed by atoms with Crippen molar-refractivity contribution in [3.05, 3.63) is 95.6 Å². The highest BCUT2D eigenvalue weighted by atomic mass is 16.8. The normalized spacial score (nSPS) is 19.1. The van der Waals surface area contributed by atoms with E-state index in [1.807, 2.05) is 72.5 Å². The number of nitrogens with one attached hydrogen (secondary N) is 1. The van der Waals surface area contributed by atoms with E-state index in [0.717, 1.165) is 60.6 Å². The Bertz CT molecular complexity index is 1390. The fourth-order valence-corrected chi connectivity index (χ4v) is 5.32. The molecule has 0 saturated carbocycles. The summed E-state index contributed by atoms with van der Waals surface area (Å²) in [5.74, 6) is 0.342. The van der Waals surface area contributed by atoms with Gasteiger partial charge >= 0.3 is 0 Å². The van der Waals surface area contributed by atoms with E-state index in [9.17, 15) is 9.59 Å². The van der Waals surface area contributed by atoms with Gasteiger partial charge in [-0.25, -0.2) is 10.3 Å². The van der Waals surface area contributed by atoms with Crippen LogP contribution in [0.5, 0.6) is 5.75 Å². The van der Waals surface area contributed by atoms with E-state index in [-0.39, 0.29) is 24.5 Å². The van der Waals surface area contributed by atoms with E-state index in [4.69, 9.17) is 14.3 Å². The molecule has 0 aromatic heterocycles. The van der Waals surface area contributed by atoms with Gasteiger partial charge < -0.3 is 14.4 Å². The fraction of sp³-hybridized carbons (Fsp3) is 0.353. The van der Waals surface area contributed by atoms with E-state index in [1.54, 1.807) is 12.1 Å². The lowest BCUT2D eigenvalue weighted by Crippen LogP contribution is -2.41. The van der Waals surface area contributed by atoms with Crippen molar-refractivity contribution < 1.29 is 23.9 Å². The SMILES string of the molecule is CCN(C(=O)C(=Cc1ccc(C(=O)NOC2CCCCO2)cc1)COc1cccc2ccccc12)C1C=CCCC1. The molecule has 1 saturated heterocycles. The number of amides is 2. The van der Waals surface area contributed by atoms with Gasteiger partial charge in [-0.3, -0.25) is 9.59 Å². The summed E-state index contributed by atoms with van der Waals surface area (Å²) in [4.78, 5) is 33.9. The molecule has 1 fully saturated rings. The third-order valence-corrected chi connectivity index (χ3v) is 7.57. The molecular formula is C34H38N2O5. The highest BCUT2D eigenvalue weighted by molar-refractivity contribution is 5.99. The minimum Gasteiger partial charge on any atom is -0.488 e. The Hall–Kier alpha value is -3.94. The molecule has 0 spiro atoms. The summed E-state index contributed by atoms with van der Waals surface area (Å²) in [6, 6.07) is 21.2. The highest BCUT2D eigenvalue weighted by Crippen LogP contribution is 2.27. The van der Waals surface area contributed by atoms with Crippen molar-refractivity contribution in [2.75, 3.05) is 19.8 Å². The highest BCUT2D eigenvalue weighted by Gasteiger charge is 2.25. The second-order valence-corrected chi connectivity index (χ2v) is 10.4. The molecule has 0 bridgehead atoms. The van der Waals surface area contributed by atoms with E-state index < -0.39 is 6.29 Å². The van der Waals surface area contributed by atoms with Crippen molar-refractivity contribution in [1.29, 1.82) is 0 Å². The van der Waals surface area contributed by atoms with Crippen molar-refractivity contribution >= 4 is 28.7 Å². The average molecular weight is 555 g/mol. The lowest BCUT2D eigenvalue weighted by molar-refractivity contribution is -0.186. The molecule has 1 aliphatic heterocycles. The Morgan fingerprint density at radius 3 is 2.59 bits per heavy atom. The number of hydrogen-bond donors (Lipinski definition) is 1. The Morgan fingerprint density at radius 2 is 1.83 bits per heavy atom. The van der Waals surface area contributed by atoms with Gasteiger partial charge in [0.05, 0.1) is 11.6 Å².